The predicted octanol–water partition coefficient (Wildman–Crippen LogP) is 4.67. The number of aryl methyl sites for hydroxylation is 1. The van der Waals surface area contributed by atoms with Gasteiger partial charge in [-0.2, -0.15) is 5.01 Å². The highest BCUT2D eigenvalue weighted by Crippen LogP contribution is 2.38. The van der Waals surface area contributed by atoms with Crippen LogP contribution in [0.15, 0.2) is 72.5 Å². The van der Waals surface area contributed by atoms with E-state index in [2.05, 4.69) is 47.4 Å². The maximum absolute atomic E-state index is 16.0. The molecular formula is C47H46FN11O6S. The average Bonchev–Trinajstić information content (AvgIpc) is 4.18. The third-order valence-electron chi connectivity index (χ3n) is 13.8. The summed E-state index contributed by atoms with van der Waals surface area (Å²) in [5, 5.41) is 9.03. The molecule has 3 aromatic carbocycles. The van der Waals surface area contributed by atoms with Crippen LogP contribution in [0.3, 0.4) is 0 Å². The summed E-state index contributed by atoms with van der Waals surface area (Å²) >= 11 is 1.28. The third-order valence-corrected chi connectivity index (χ3v) is 14.5. The number of piperazine rings is 1. The second-order valence-electron chi connectivity index (χ2n) is 17.6. The summed E-state index contributed by atoms with van der Waals surface area (Å²) in [6.45, 7) is 6.69. The van der Waals surface area contributed by atoms with Crippen molar-refractivity contribution < 1.29 is 33.2 Å². The molecule has 1 unspecified atom stereocenters. The first-order chi connectivity index (χ1) is 32.1. The van der Waals surface area contributed by atoms with Gasteiger partial charge in [0.05, 0.1) is 36.2 Å². The van der Waals surface area contributed by atoms with Gasteiger partial charge in [0.15, 0.2) is 11.2 Å². The van der Waals surface area contributed by atoms with Crippen LogP contribution in [0.5, 0.6) is 0 Å². The van der Waals surface area contributed by atoms with Crippen molar-refractivity contribution in [3.63, 3.8) is 0 Å². The van der Waals surface area contributed by atoms with Gasteiger partial charge in [0.2, 0.25) is 5.91 Å². The van der Waals surface area contributed by atoms with Crippen molar-refractivity contribution in [2.45, 2.75) is 63.8 Å². The first-order valence-corrected chi connectivity index (χ1v) is 23.3. The number of carbonyl (C=O) groups excluding carboxylic acids is 6. The van der Waals surface area contributed by atoms with Crippen LogP contribution in [-0.4, -0.2) is 127 Å². The summed E-state index contributed by atoms with van der Waals surface area (Å²) in [5.41, 5.74) is 5.82. The standard InChI is InChI=1S/C47H46FN11O6S/c48-37-24-30(23-35-36(37)26-57(43(35)62)41(42(61)52-46-49-12-21-66-46)40-38-2-1-13-56(38)27-50-40)29-4-6-31(7-5-29)54-14-9-32(10-15-54)55-19-17-53(18-20-55)25-28-3-8-33-34(22-28)45(64)59(44(33)63)58-16-11-39(60)51-47(58)65/h3-8,12,21-24,27,32,41H,1-2,9-11,13-20,25-26H2,(H,49,52,61)(H,51,60,65). The molecule has 0 spiro atoms. The molecule has 338 valence electrons. The number of benzene rings is 3. The van der Waals surface area contributed by atoms with Crippen LogP contribution in [0.25, 0.3) is 11.1 Å². The molecule has 0 saturated carbocycles. The van der Waals surface area contributed by atoms with Crippen molar-refractivity contribution in [2.24, 2.45) is 0 Å². The monoisotopic (exact) mass is 911 g/mol. The number of hydrazine groups is 1. The number of thiazole rings is 1. The zero-order valence-electron chi connectivity index (χ0n) is 36.0. The smallest absolute Gasteiger partial charge is 0.343 e. The van der Waals surface area contributed by atoms with Gasteiger partial charge in [-0.05, 0) is 78.8 Å². The molecule has 0 radical (unpaired) electrons. The van der Waals surface area contributed by atoms with E-state index in [1.54, 1.807) is 36.1 Å². The summed E-state index contributed by atoms with van der Waals surface area (Å²) in [6, 6.07) is 15.1. The Morgan fingerprint density at radius 2 is 1.61 bits per heavy atom. The fourth-order valence-electron chi connectivity index (χ4n) is 10.4. The topological polar surface area (TPSA) is 177 Å². The van der Waals surface area contributed by atoms with Crippen LogP contribution >= 0.6 is 11.3 Å². The summed E-state index contributed by atoms with van der Waals surface area (Å²) in [4.78, 5) is 96.0. The molecular weight excluding hydrogens is 866 g/mol. The molecule has 8 heterocycles. The third kappa shape index (κ3) is 7.49. The van der Waals surface area contributed by atoms with E-state index in [0.717, 1.165) is 104 Å². The number of amides is 7. The number of imidazole rings is 1. The quantitative estimate of drug-likeness (QED) is 0.186. The van der Waals surface area contributed by atoms with Crippen molar-refractivity contribution in [3.8, 4) is 11.1 Å². The maximum atomic E-state index is 16.0. The zero-order chi connectivity index (χ0) is 45.2. The van der Waals surface area contributed by atoms with Gasteiger partial charge in [-0.15, -0.1) is 11.3 Å². The number of rotatable bonds is 10. The van der Waals surface area contributed by atoms with Gasteiger partial charge in [-0.1, -0.05) is 18.2 Å². The first-order valence-electron chi connectivity index (χ1n) is 22.4. The van der Waals surface area contributed by atoms with Crippen molar-refractivity contribution in [2.75, 3.05) is 56.0 Å². The highest BCUT2D eigenvalue weighted by Gasteiger charge is 2.44. The average molecular weight is 912 g/mol. The number of nitrogens with one attached hydrogen (secondary N) is 2. The van der Waals surface area contributed by atoms with Crippen molar-refractivity contribution >= 4 is 57.7 Å². The van der Waals surface area contributed by atoms with Gasteiger partial charge in [0, 0.05) is 98.9 Å². The maximum Gasteiger partial charge on any atom is 0.343 e. The summed E-state index contributed by atoms with van der Waals surface area (Å²) < 4.78 is 18.0. The van der Waals surface area contributed by atoms with E-state index in [1.165, 1.54) is 22.3 Å². The Kier molecular flexibility index (Phi) is 10.7. The van der Waals surface area contributed by atoms with Gasteiger partial charge in [-0.3, -0.25) is 44.4 Å². The molecule has 2 N–H and O–H groups in total. The number of carbonyl (C=O) groups is 6. The molecule has 66 heavy (non-hydrogen) atoms. The lowest BCUT2D eigenvalue weighted by Crippen LogP contribution is -2.58. The van der Waals surface area contributed by atoms with E-state index in [-0.39, 0.29) is 41.8 Å². The summed E-state index contributed by atoms with van der Waals surface area (Å²) in [7, 11) is 0. The van der Waals surface area contributed by atoms with Gasteiger partial charge in [0.25, 0.3) is 23.6 Å². The molecule has 7 amide bonds. The minimum absolute atomic E-state index is 0.00820. The van der Waals surface area contributed by atoms with E-state index in [4.69, 9.17) is 0 Å². The number of nitrogens with zero attached hydrogens (tertiary/aromatic N) is 9. The summed E-state index contributed by atoms with van der Waals surface area (Å²) in [6.07, 6.45) is 7.01. The first kappa shape index (κ1) is 41.8. The van der Waals surface area contributed by atoms with Crippen LogP contribution in [0.4, 0.5) is 20.0 Å². The normalized spacial score (nSPS) is 19.7. The molecule has 11 rings (SSSR count). The fraction of sp³-hybridized carbons (Fsp3) is 0.362. The van der Waals surface area contributed by atoms with Gasteiger partial charge < -0.3 is 14.4 Å². The molecule has 1 atom stereocenters. The Labute approximate surface area is 382 Å². The number of aromatic nitrogens is 3. The second-order valence-corrected chi connectivity index (χ2v) is 18.5. The van der Waals surface area contributed by atoms with E-state index in [0.29, 0.717) is 29.0 Å². The number of hydrogen-bond acceptors (Lipinski definition) is 12. The Morgan fingerprint density at radius 3 is 2.36 bits per heavy atom. The second kappa shape index (κ2) is 16.9. The Hall–Kier alpha value is -6.83. The lowest BCUT2D eigenvalue weighted by molar-refractivity contribution is -0.123. The minimum atomic E-state index is -1.05. The van der Waals surface area contributed by atoms with Gasteiger partial charge >= 0.3 is 6.03 Å². The molecule has 3 fully saturated rings. The largest absolute Gasteiger partial charge is 0.371 e. The number of fused-ring (bicyclic) bond motifs is 3. The molecule has 6 aliphatic heterocycles. The molecule has 5 aromatic rings. The van der Waals surface area contributed by atoms with Gasteiger partial charge in [-0.25, -0.2) is 24.2 Å². The van der Waals surface area contributed by atoms with E-state index >= 15 is 4.39 Å². The van der Waals surface area contributed by atoms with Crippen molar-refractivity contribution in [3.05, 3.63) is 118 Å². The number of halogens is 1. The SMILES string of the molecule is O=C1CCN(N2C(=O)c3ccc(CN4CCN(C5CCN(c6ccc(-c7cc(F)c8c(c7)C(=O)N(C(C(=O)Nc7nccs7)c7ncn9c7CCC9)C8)cc6)CC5)CC4)cc3C2=O)C(=O)N1. The number of imide groups is 2. The minimum Gasteiger partial charge on any atom is -0.371 e. The molecule has 6 aliphatic rings. The predicted molar refractivity (Wildman–Crippen MR) is 240 cm³/mol. The summed E-state index contributed by atoms with van der Waals surface area (Å²) in [5.74, 6) is -2.92. The molecule has 0 bridgehead atoms. The van der Waals surface area contributed by atoms with Crippen molar-refractivity contribution in [1.82, 2.24) is 44.6 Å². The van der Waals surface area contributed by atoms with Gasteiger partial charge in [0.1, 0.15) is 5.82 Å². The number of anilines is 2. The van der Waals surface area contributed by atoms with Crippen LogP contribution < -0.4 is 15.5 Å². The Morgan fingerprint density at radius 1 is 0.818 bits per heavy atom. The number of piperidine rings is 1. The molecule has 19 heteroatoms. The molecule has 3 saturated heterocycles. The van der Waals surface area contributed by atoms with Crippen LogP contribution in [0.2, 0.25) is 0 Å². The lowest BCUT2D eigenvalue weighted by Gasteiger charge is -2.43. The number of urea groups is 1. The van der Waals surface area contributed by atoms with E-state index in [1.807, 2.05) is 22.8 Å². The highest BCUT2D eigenvalue weighted by atomic mass is 32.1. The molecule has 2 aromatic heterocycles. The molecule has 0 aliphatic carbocycles. The van der Waals surface area contributed by atoms with Crippen molar-refractivity contribution in [1.29, 1.82) is 0 Å². The number of hydrogen-bond donors (Lipinski definition) is 2. The lowest BCUT2D eigenvalue weighted by atomic mass is 9.98. The van der Waals surface area contributed by atoms with E-state index in [9.17, 15) is 28.8 Å². The fourth-order valence-corrected chi connectivity index (χ4v) is 10.9. The highest BCUT2D eigenvalue weighted by molar-refractivity contribution is 7.13. The van der Waals surface area contributed by atoms with Crippen LogP contribution in [-0.2, 0) is 35.6 Å². The van der Waals surface area contributed by atoms with E-state index < -0.39 is 47.4 Å². The zero-order valence-corrected chi connectivity index (χ0v) is 36.8. The Balaban J connectivity index is 0.694. The molecule has 17 nitrogen and oxygen atoms in total. The Bertz CT molecular complexity index is 2800. The van der Waals surface area contributed by atoms with Crippen LogP contribution in [0.1, 0.15) is 85.3 Å². The van der Waals surface area contributed by atoms with Crippen LogP contribution in [0, 0.1) is 5.82 Å².